The Morgan fingerprint density at radius 1 is 0.867 bits per heavy atom. The number of hydrogen-bond donors (Lipinski definition) is 1. The number of anilines is 3. The third-order valence-corrected chi connectivity index (χ3v) is 7.92. The molecular weight excluding hydrogens is 575 g/mol. The molecule has 4 aromatic carbocycles. The van der Waals surface area contributed by atoms with Gasteiger partial charge in [-0.15, -0.1) is 0 Å². The van der Waals surface area contributed by atoms with Crippen LogP contribution in [0.15, 0.2) is 103 Å². The van der Waals surface area contributed by atoms with Crippen molar-refractivity contribution < 1.29 is 28.3 Å². The number of carbonyl (C=O) groups excluding carboxylic acids is 4. The molecule has 228 valence electrons. The third-order valence-electron chi connectivity index (χ3n) is 7.92. The van der Waals surface area contributed by atoms with Gasteiger partial charge in [-0.3, -0.25) is 24.1 Å². The van der Waals surface area contributed by atoms with Gasteiger partial charge in [0.25, 0.3) is 17.6 Å². The number of amides is 3. The molecule has 1 saturated heterocycles. The van der Waals surface area contributed by atoms with Crippen molar-refractivity contribution >= 4 is 40.6 Å². The monoisotopic (exact) mass is 606 g/mol. The fourth-order valence-electron chi connectivity index (χ4n) is 5.67. The van der Waals surface area contributed by atoms with Gasteiger partial charge in [0.1, 0.15) is 18.4 Å². The first-order chi connectivity index (χ1) is 21.9. The van der Waals surface area contributed by atoms with E-state index in [-0.39, 0.29) is 17.7 Å². The second-order valence-corrected chi connectivity index (χ2v) is 10.8. The molecule has 0 aliphatic carbocycles. The predicted octanol–water partition coefficient (Wildman–Crippen LogP) is 4.60. The summed E-state index contributed by atoms with van der Waals surface area (Å²) in [7, 11) is 0. The molecule has 1 atom stereocenters. The van der Waals surface area contributed by atoms with Gasteiger partial charge in [-0.1, -0.05) is 54.6 Å². The van der Waals surface area contributed by atoms with Gasteiger partial charge < -0.3 is 19.9 Å². The van der Waals surface area contributed by atoms with Crippen molar-refractivity contribution in [1.29, 1.82) is 0 Å². The largest absolute Gasteiger partial charge is 0.378 e. The zero-order chi connectivity index (χ0) is 31.3. The molecule has 1 N–H and O–H groups in total. The number of fused-ring (bicyclic) bond motifs is 1. The standard InChI is InChI=1S/C35H31FN4O5/c36-26-10-6-9-25(21-26)32(34(43)37-27-13-15-28(16-14-27)38-17-19-45-20-18-38)40(22-24-7-2-1-3-8-24)31(41)23-39-30-12-5-4-11-29(30)33(42)35(39)44/h1-16,21,32H,17-20,22-23H2,(H,37,43). The number of hydrogen-bond acceptors (Lipinski definition) is 6. The molecule has 9 nitrogen and oxygen atoms in total. The molecular formula is C35H31FN4O5. The van der Waals surface area contributed by atoms with E-state index in [2.05, 4.69) is 10.2 Å². The van der Waals surface area contributed by atoms with Gasteiger partial charge in [-0.2, -0.15) is 0 Å². The maximum absolute atomic E-state index is 14.6. The van der Waals surface area contributed by atoms with Gasteiger partial charge in [0.2, 0.25) is 5.91 Å². The highest BCUT2D eigenvalue weighted by Gasteiger charge is 2.39. The summed E-state index contributed by atoms with van der Waals surface area (Å²) in [4.78, 5) is 58.5. The number of nitrogens with zero attached hydrogens (tertiary/aromatic N) is 3. The van der Waals surface area contributed by atoms with E-state index in [9.17, 15) is 23.6 Å². The zero-order valence-corrected chi connectivity index (χ0v) is 24.4. The Morgan fingerprint density at radius 2 is 1.58 bits per heavy atom. The van der Waals surface area contributed by atoms with Crippen molar-refractivity contribution in [3.8, 4) is 0 Å². The summed E-state index contributed by atoms with van der Waals surface area (Å²) in [6.07, 6.45) is 0. The Kier molecular flexibility index (Phi) is 8.65. The van der Waals surface area contributed by atoms with Crippen LogP contribution in [0.25, 0.3) is 0 Å². The van der Waals surface area contributed by atoms with Crippen LogP contribution in [0.3, 0.4) is 0 Å². The number of morpholine rings is 1. The maximum atomic E-state index is 14.6. The minimum Gasteiger partial charge on any atom is -0.378 e. The van der Waals surface area contributed by atoms with Crippen LogP contribution >= 0.6 is 0 Å². The molecule has 0 saturated carbocycles. The average Bonchev–Trinajstić information content (AvgIpc) is 3.30. The highest BCUT2D eigenvalue weighted by molar-refractivity contribution is 6.52. The summed E-state index contributed by atoms with van der Waals surface area (Å²) in [6.45, 7) is 2.31. The van der Waals surface area contributed by atoms with Crippen LogP contribution in [0, 0.1) is 5.82 Å². The Morgan fingerprint density at radius 3 is 2.31 bits per heavy atom. The minimum atomic E-state index is -1.27. The van der Waals surface area contributed by atoms with Crippen LogP contribution in [0.5, 0.6) is 0 Å². The topological polar surface area (TPSA) is 99.3 Å². The lowest BCUT2D eigenvalue weighted by Gasteiger charge is -2.33. The summed E-state index contributed by atoms with van der Waals surface area (Å²) >= 11 is 0. The van der Waals surface area contributed by atoms with E-state index < -0.39 is 41.9 Å². The quantitative estimate of drug-likeness (QED) is 0.280. The van der Waals surface area contributed by atoms with E-state index in [1.807, 2.05) is 42.5 Å². The lowest BCUT2D eigenvalue weighted by atomic mass is 10.0. The number of ether oxygens (including phenoxy) is 1. The predicted molar refractivity (Wildman–Crippen MR) is 167 cm³/mol. The average molecular weight is 607 g/mol. The number of para-hydroxylation sites is 1. The summed E-state index contributed by atoms with van der Waals surface area (Å²) in [5.74, 6) is -3.25. The van der Waals surface area contributed by atoms with Crippen LogP contribution in [0.4, 0.5) is 21.5 Å². The van der Waals surface area contributed by atoms with Crippen LogP contribution in [0.2, 0.25) is 0 Å². The molecule has 45 heavy (non-hydrogen) atoms. The van der Waals surface area contributed by atoms with E-state index in [0.717, 1.165) is 29.2 Å². The number of benzene rings is 4. The lowest BCUT2D eigenvalue weighted by molar-refractivity contribution is -0.139. The molecule has 0 bridgehead atoms. The molecule has 0 aromatic heterocycles. The first kappa shape index (κ1) is 29.7. The number of Topliss-reactive ketones (excluding diaryl/α,β-unsaturated/α-hetero) is 1. The Balaban J connectivity index is 1.33. The van der Waals surface area contributed by atoms with Crippen molar-refractivity contribution in [3.63, 3.8) is 0 Å². The molecule has 0 spiro atoms. The molecule has 4 aromatic rings. The van der Waals surface area contributed by atoms with Crippen molar-refractivity contribution in [3.05, 3.63) is 126 Å². The normalized spacial score (nSPS) is 15.0. The molecule has 2 aliphatic rings. The number of ketones is 1. The summed E-state index contributed by atoms with van der Waals surface area (Å²) in [5.41, 5.74) is 3.01. The highest BCUT2D eigenvalue weighted by Crippen LogP contribution is 2.31. The van der Waals surface area contributed by atoms with Gasteiger partial charge in [0.15, 0.2) is 0 Å². The van der Waals surface area contributed by atoms with E-state index in [0.29, 0.717) is 24.6 Å². The number of halogens is 1. The van der Waals surface area contributed by atoms with E-state index in [1.165, 1.54) is 29.2 Å². The molecule has 1 unspecified atom stereocenters. The first-order valence-electron chi connectivity index (χ1n) is 14.7. The van der Waals surface area contributed by atoms with Crippen molar-refractivity contribution in [1.82, 2.24) is 4.90 Å². The molecule has 1 fully saturated rings. The molecule has 2 aliphatic heterocycles. The van der Waals surface area contributed by atoms with Gasteiger partial charge in [0, 0.05) is 31.0 Å². The van der Waals surface area contributed by atoms with Gasteiger partial charge in [-0.25, -0.2) is 4.39 Å². The summed E-state index contributed by atoms with van der Waals surface area (Å²) < 4.78 is 20.0. The van der Waals surface area contributed by atoms with Crippen molar-refractivity contribution in [2.45, 2.75) is 12.6 Å². The second-order valence-electron chi connectivity index (χ2n) is 10.8. The number of carbonyl (C=O) groups is 4. The fraction of sp³-hybridized carbons (Fsp3) is 0.200. The lowest BCUT2D eigenvalue weighted by Crippen LogP contribution is -2.46. The van der Waals surface area contributed by atoms with E-state index in [4.69, 9.17) is 4.74 Å². The first-order valence-corrected chi connectivity index (χ1v) is 14.7. The van der Waals surface area contributed by atoms with Gasteiger partial charge in [0.05, 0.1) is 24.5 Å². The van der Waals surface area contributed by atoms with Crippen LogP contribution in [-0.4, -0.2) is 61.3 Å². The number of nitrogens with one attached hydrogen (secondary N) is 1. The third kappa shape index (κ3) is 6.46. The van der Waals surface area contributed by atoms with Crippen LogP contribution < -0.4 is 15.1 Å². The van der Waals surface area contributed by atoms with Crippen molar-refractivity contribution in [2.24, 2.45) is 0 Å². The Labute approximate surface area is 259 Å². The molecule has 2 heterocycles. The molecule has 6 rings (SSSR count). The SMILES string of the molecule is O=C1C(=O)N(CC(=O)N(Cc2ccccc2)C(C(=O)Nc2ccc(N3CCOCC3)cc2)c2cccc(F)c2)c2ccccc21. The van der Waals surface area contributed by atoms with E-state index in [1.54, 1.807) is 36.4 Å². The van der Waals surface area contributed by atoms with Crippen LogP contribution in [-0.2, 0) is 25.7 Å². The minimum absolute atomic E-state index is 0.0120. The number of rotatable bonds is 9. The molecule has 10 heteroatoms. The molecule has 0 radical (unpaired) electrons. The highest BCUT2D eigenvalue weighted by atomic mass is 19.1. The Hall–Kier alpha value is -5.35. The molecule has 3 amide bonds. The maximum Gasteiger partial charge on any atom is 0.299 e. The summed E-state index contributed by atoms with van der Waals surface area (Å²) in [6, 6.07) is 27.2. The smallest absolute Gasteiger partial charge is 0.299 e. The zero-order valence-electron chi connectivity index (χ0n) is 24.4. The van der Waals surface area contributed by atoms with E-state index >= 15 is 0 Å². The second kappa shape index (κ2) is 13.1. The van der Waals surface area contributed by atoms with Crippen molar-refractivity contribution in [2.75, 3.05) is 48.0 Å². The fourth-order valence-corrected chi connectivity index (χ4v) is 5.67. The van der Waals surface area contributed by atoms with Gasteiger partial charge >= 0.3 is 0 Å². The van der Waals surface area contributed by atoms with Gasteiger partial charge in [-0.05, 0) is 59.7 Å². The Bertz CT molecular complexity index is 1720. The summed E-state index contributed by atoms with van der Waals surface area (Å²) in [5, 5.41) is 2.90. The van der Waals surface area contributed by atoms with Crippen LogP contribution in [0.1, 0.15) is 27.5 Å².